The first-order valence-electron chi connectivity index (χ1n) is 43.6. The van der Waals surface area contributed by atoms with Crippen LogP contribution in [0.5, 0.6) is 23.0 Å². The molecule has 27 nitrogen and oxygen atoms in total. The third-order valence-electron chi connectivity index (χ3n) is 25.6. The number of halogens is 6. The molecule has 6 aliphatic heterocycles. The van der Waals surface area contributed by atoms with Gasteiger partial charge in [0.05, 0.1) is 119 Å². The van der Waals surface area contributed by atoms with Gasteiger partial charge in [-0.25, -0.2) is 28.1 Å². The second-order valence-corrected chi connectivity index (χ2v) is 36.4. The monoisotopic (exact) mass is 1850 g/mol. The van der Waals surface area contributed by atoms with Gasteiger partial charge in [0.2, 0.25) is 23.5 Å². The maximum absolute atomic E-state index is 15.2. The minimum atomic E-state index is -0.797. The van der Waals surface area contributed by atoms with Crippen molar-refractivity contribution < 1.29 is 52.4 Å². The summed E-state index contributed by atoms with van der Waals surface area (Å²) in [7, 11) is 1.54. The lowest BCUT2D eigenvalue weighted by Crippen LogP contribution is -2.66. The van der Waals surface area contributed by atoms with Crippen LogP contribution in [-0.2, 0) is 25.6 Å². The lowest BCUT2D eigenvalue weighted by atomic mass is 9.90. The fourth-order valence-corrected chi connectivity index (χ4v) is 20.4. The largest absolute Gasteiger partial charge is 0.507 e. The van der Waals surface area contributed by atoms with Crippen molar-refractivity contribution >= 4 is 114 Å². The van der Waals surface area contributed by atoms with E-state index in [0.29, 0.717) is 113 Å². The van der Waals surface area contributed by atoms with Crippen LogP contribution in [0.25, 0.3) is 83.9 Å². The Balaban J connectivity index is 0.000000144. The number of piperazine rings is 3. The molecule has 18 rings (SSSR count). The topological polar surface area (TPSA) is 304 Å². The van der Waals surface area contributed by atoms with Gasteiger partial charge in [-0.3, -0.25) is 62.2 Å². The number of amides is 4. The van der Waals surface area contributed by atoms with Crippen molar-refractivity contribution in [2.75, 3.05) is 72.5 Å². The number of carbonyl (C=O) groups is 4. The van der Waals surface area contributed by atoms with E-state index in [4.69, 9.17) is 54.5 Å². The van der Waals surface area contributed by atoms with Crippen molar-refractivity contribution in [3.05, 3.63) is 250 Å². The molecule has 12 aromatic rings. The van der Waals surface area contributed by atoms with Crippen LogP contribution in [0.15, 0.2) is 162 Å². The third kappa shape index (κ3) is 15.6. The predicted molar refractivity (Wildman–Crippen MR) is 507 cm³/mol. The van der Waals surface area contributed by atoms with E-state index in [2.05, 4.69) is 44.5 Å². The van der Waals surface area contributed by atoms with E-state index >= 15 is 13.2 Å². The number of rotatable bonds is 12. The van der Waals surface area contributed by atoms with Gasteiger partial charge in [0, 0.05) is 111 Å². The molecule has 3 saturated heterocycles. The number of phenols is 3. The summed E-state index contributed by atoms with van der Waals surface area (Å²) < 4.78 is 56.3. The van der Waals surface area contributed by atoms with E-state index in [1.807, 2.05) is 100 Å². The van der Waals surface area contributed by atoms with Crippen molar-refractivity contribution in [3.8, 4) is 73.8 Å². The van der Waals surface area contributed by atoms with Crippen LogP contribution in [0, 0.1) is 38.2 Å². The maximum Gasteiger partial charge on any atom is 0.301 e. The summed E-state index contributed by atoms with van der Waals surface area (Å²) in [5.74, 6) is -4.05. The number of benzene rings is 3. The van der Waals surface area contributed by atoms with Gasteiger partial charge < -0.3 is 54.4 Å². The highest BCUT2D eigenvalue weighted by Crippen LogP contribution is 2.50. The average Bonchev–Trinajstić information content (AvgIpc) is 0.722. The Hall–Kier alpha value is -13.5. The van der Waals surface area contributed by atoms with E-state index in [-0.39, 0.29) is 186 Å². The molecule has 0 bridgehead atoms. The fourth-order valence-electron chi connectivity index (χ4n) is 19.7. The molecule has 682 valence electrons. The number of hydrogen-bond acceptors (Lipinski definition) is 20. The van der Waals surface area contributed by atoms with Gasteiger partial charge in [0.1, 0.15) is 52.1 Å². The molecular formula is C99H98Cl3F3N16O11. The summed E-state index contributed by atoms with van der Waals surface area (Å²) in [4.78, 5) is 137. The average molecular weight is 1850 g/mol. The lowest BCUT2D eigenvalue weighted by molar-refractivity contribution is -0.130. The van der Waals surface area contributed by atoms with E-state index in [9.17, 15) is 48.9 Å². The molecule has 3 fully saturated rings. The second-order valence-electron chi connectivity index (χ2n) is 35.2. The molecule has 0 radical (unpaired) electrons. The molecule has 3 N–H and O–H groups in total. The van der Waals surface area contributed by atoms with Crippen molar-refractivity contribution in [2.45, 2.75) is 156 Å². The second kappa shape index (κ2) is 36.0. The number of fused-ring (bicyclic) bond motifs is 15. The number of anilines is 4. The van der Waals surface area contributed by atoms with Gasteiger partial charge in [-0.05, 0) is 180 Å². The molecule has 0 aliphatic carbocycles. The highest BCUT2D eigenvalue weighted by Gasteiger charge is 2.49. The molecule has 33 heteroatoms. The Morgan fingerprint density at radius 1 is 0.462 bits per heavy atom. The number of ether oxygens (including phenoxy) is 1. The van der Waals surface area contributed by atoms with E-state index in [1.165, 1.54) is 93.9 Å². The molecule has 132 heavy (non-hydrogen) atoms. The van der Waals surface area contributed by atoms with Crippen LogP contribution in [0.3, 0.4) is 0 Å². The first-order chi connectivity index (χ1) is 62.9. The standard InChI is InChI=1S/C33H32ClFN6O4.C33H33ClFN5O4.C33H33ClFN5O3/c1-7-24(43)39-14-18(5)40-22(15-39)32(44)38(6)30-29(40)19-13-20(34)27(25-21(35)9-8-10-23(25)42)37-31(19)41(33(30)45)28-17(4)11-12-36-26(28)16(2)3;1-6-25(42)38-15-19(5)39-20(16-38)11-13-44-31-30(39)21-14-22(34)28(26-23(35)8-7-9-24(26)41)37-32(21)40(33(31)43)29-18(4)10-12-36-27(29)17(2)3;1-6-26(42)38-15-19(5)39-20(16-38)10-11-21-31(39)22-14-23(34)29(27-24(35)8-7-9-25(27)41)37-32(22)40(33(21)43)30-18(4)12-13-36-28(30)17(2)3/h7-13,16,18,22,42H,1,14-15H2,2-6H3;6-10,12,14,17,19-20,41H,1,11,13,15-16H2,2-5H3;6-9,12-14,17,19-20,41H,1,10-11,15-16H2,2-5H3. The van der Waals surface area contributed by atoms with Gasteiger partial charge >= 0.3 is 5.56 Å². The predicted octanol–water partition coefficient (Wildman–Crippen LogP) is 16.6. The molecule has 0 saturated carbocycles. The number of phenolic OH excluding ortho intramolecular Hbond substituents is 3. The maximum atomic E-state index is 15.2. The number of aryl methyl sites for hydroxylation is 3. The fraction of sp³-hybridized carbons (Fsp3) is 0.323. The van der Waals surface area contributed by atoms with Gasteiger partial charge in [-0.2, -0.15) is 0 Å². The lowest BCUT2D eigenvalue weighted by Gasteiger charge is -2.50. The SMILES string of the molecule is C=CC(=O)N1CC(C)N2c3c(c(=O)n(-c4c(C)ccnc4C(C)C)c4nc(-c5c(O)cccc5F)c(Cl)cc34)CCC2C1.C=CC(=O)N1CC(C)N2c3c(c(=O)n(-c4c(C)ccnc4C(C)C)c4nc(-c5c(O)cccc5F)c(Cl)cc34)N(C)C(=O)C2C1.C=CC(=O)N1CC(C)N2c3c(c(=O)n(-c4c(C)ccnc4C(C)C)c4nc(-c5c(O)cccc5F)c(Cl)cc34)OCCC2C1. The molecule has 15 heterocycles. The van der Waals surface area contributed by atoms with Crippen LogP contribution in [0.2, 0.25) is 15.1 Å². The first kappa shape index (κ1) is 91.8. The zero-order chi connectivity index (χ0) is 94.7. The summed E-state index contributed by atoms with van der Waals surface area (Å²) in [6.07, 6.45) is 10.7. The molecule has 0 spiro atoms. The zero-order valence-electron chi connectivity index (χ0n) is 75.0. The Labute approximate surface area is 773 Å². The van der Waals surface area contributed by atoms with Crippen LogP contribution < -0.4 is 41.0 Å². The van der Waals surface area contributed by atoms with Gasteiger partial charge in [-0.1, -0.05) is 114 Å². The van der Waals surface area contributed by atoms with Crippen LogP contribution in [0.1, 0.15) is 132 Å². The minimum absolute atomic E-state index is 0.00366. The van der Waals surface area contributed by atoms with Crippen LogP contribution in [0.4, 0.5) is 35.9 Å². The van der Waals surface area contributed by atoms with Crippen molar-refractivity contribution in [1.82, 2.24) is 58.3 Å². The molecule has 6 atom stereocenters. The number of pyridine rings is 9. The number of aromatic nitrogens is 9. The Bertz CT molecular complexity index is 7000. The Morgan fingerprint density at radius 2 is 0.818 bits per heavy atom. The number of nitrogens with zero attached hydrogens (tertiary/aromatic N) is 16. The van der Waals surface area contributed by atoms with Crippen LogP contribution >= 0.6 is 34.8 Å². The molecule has 4 amide bonds. The van der Waals surface area contributed by atoms with Crippen molar-refractivity contribution in [3.63, 3.8) is 0 Å². The minimum Gasteiger partial charge on any atom is -0.507 e. The molecule has 6 unspecified atom stereocenters. The summed E-state index contributed by atoms with van der Waals surface area (Å²) in [5.41, 5.74) is 7.44. The number of carbonyl (C=O) groups excluding carboxylic acids is 4. The van der Waals surface area contributed by atoms with E-state index < -0.39 is 34.6 Å². The smallest absolute Gasteiger partial charge is 0.301 e. The highest BCUT2D eigenvalue weighted by atomic mass is 35.5. The Kier molecular flexibility index (Phi) is 25.1. The van der Waals surface area contributed by atoms with Gasteiger partial charge in [0.15, 0.2) is 11.3 Å². The van der Waals surface area contributed by atoms with Crippen LogP contribution in [-0.4, -0.2) is 186 Å². The number of likely N-dealkylation sites (N-methyl/N-ethyl adjacent to an activating group) is 1. The number of hydrogen-bond donors (Lipinski definition) is 3. The molecule has 6 aliphatic rings. The normalized spacial score (nSPS) is 18.0. The molecule has 3 aromatic carbocycles. The summed E-state index contributed by atoms with van der Waals surface area (Å²) >= 11 is 20.5. The molecule has 9 aromatic heterocycles. The summed E-state index contributed by atoms with van der Waals surface area (Å²) in [6, 6.07) is 20.6. The highest BCUT2D eigenvalue weighted by molar-refractivity contribution is 6.35. The quantitative estimate of drug-likeness (QED) is 0.0957. The third-order valence-corrected chi connectivity index (χ3v) is 26.4. The summed E-state index contributed by atoms with van der Waals surface area (Å²) in [5, 5.41) is 33.8. The van der Waals surface area contributed by atoms with Gasteiger partial charge in [-0.15, -0.1) is 0 Å². The summed E-state index contributed by atoms with van der Waals surface area (Å²) in [6.45, 7) is 36.8. The van der Waals surface area contributed by atoms with Crippen molar-refractivity contribution in [1.29, 1.82) is 0 Å². The van der Waals surface area contributed by atoms with Gasteiger partial charge in [0.25, 0.3) is 17.0 Å². The first-order valence-corrected chi connectivity index (χ1v) is 44.7. The Morgan fingerprint density at radius 3 is 1.21 bits per heavy atom. The van der Waals surface area contributed by atoms with E-state index in [1.54, 1.807) is 62.1 Å². The number of aromatic hydroxyl groups is 3. The van der Waals surface area contributed by atoms with E-state index in [0.717, 1.165) is 28.1 Å². The zero-order valence-corrected chi connectivity index (χ0v) is 77.3. The molecular weight excluding hydrogens is 1750 g/mol. The van der Waals surface area contributed by atoms with Crippen molar-refractivity contribution in [2.24, 2.45) is 0 Å².